The molecule has 12 heteroatoms. The minimum Gasteiger partial charge on any atom is -0.508 e. The minimum absolute atomic E-state index is 0.0297. The van der Waals surface area contributed by atoms with E-state index in [4.69, 9.17) is 12.2 Å². The van der Waals surface area contributed by atoms with Crippen LogP contribution in [0.5, 0.6) is 5.75 Å². The summed E-state index contributed by atoms with van der Waals surface area (Å²) in [5.41, 5.74) is -1.95. The number of anilines is 1. The highest BCUT2D eigenvalue weighted by atomic mass is 32.1. The predicted molar refractivity (Wildman–Crippen MR) is 144 cm³/mol. The molecule has 4 heterocycles. The maximum Gasteiger partial charge on any atom is 0.416 e. The molecule has 6 rings (SSSR count). The molecule has 40 heavy (non-hydrogen) atoms. The molecule has 3 unspecified atom stereocenters. The molecule has 2 aromatic carbocycles. The summed E-state index contributed by atoms with van der Waals surface area (Å²) in [6.45, 7) is 5.56. The van der Waals surface area contributed by atoms with Gasteiger partial charge in [-0.3, -0.25) is 9.88 Å². The zero-order valence-electron chi connectivity index (χ0n) is 21.1. The lowest BCUT2D eigenvalue weighted by Crippen LogP contribution is -2.57. The molecule has 3 fully saturated rings. The first kappa shape index (κ1) is 28.2. The van der Waals surface area contributed by atoms with Crippen molar-refractivity contribution in [3.63, 3.8) is 0 Å². The Labute approximate surface area is 231 Å². The third-order valence-corrected chi connectivity index (χ3v) is 7.98. The van der Waals surface area contributed by atoms with Gasteiger partial charge in [-0.05, 0) is 91.5 Å². The predicted octanol–water partition coefficient (Wildman–Crippen LogP) is 6.90. The smallest absolute Gasteiger partial charge is 0.416 e. The zero-order chi connectivity index (χ0) is 28.8. The number of rotatable bonds is 5. The van der Waals surface area contributed by atoms with E-state index >= 15 is 0 Å². The number of fused-ring (bicyclic) bond motifs is 4. The largest absolute Gasteiger partial charge is 0.508 e. The lowest BCUT2D eigenvalue weighted by Gasteiger charge is -2.52. The molecule has 2 bridgehead atoms. The Bertz CT molecular complexity index is 1410. The number of phenols is 1. The number of piperidine rings is 3. The summed E-state index contributed by atoms with van der Waals surface area (Å²) < 4.78 is 80.4. The van der Waals surface area contributed by atoms with E-state index < -0.39 is 35.2 Å². The van der Waals surface area contributed by atoms with Crippen LogP contribution in [-0.2, 0) is 12.4 Å². The van der Waals surface area contributed by atoms with E-state index in [9.17, 15) is 31.4 Å². The van der Waals surface area contributed by atoms with Crippen LogP contribution in [0.3, 0.4) is 0 Å². The first-order valence-corrected chi connectivity index (χ1v) is 13.1. The van der Waals surface area contributed by atoms with E-state index in [1.165, 1.54) is 6.07 Å². The average molecular weight is 581 g/mol. The second kappa shape index (κ2) is 10.5. The van der Waals surface area contributed by atoms with Crippen LogP contribution in [0.15, 0.2) is 61.3 Å². The van der Waals surface area contributed by atoms with Crippen molar-refractivity contribution >= 4 is 33.9 Å². The molecule has 3 aliphatic heterocycles. The fraction of sp³-hybridized carbons (Fsp3) is 0.357. The number of hydrogen-bond donors (Lipinski definition) is 3. The van der Waals surface area contributed by atoms with Gasteiger partial charge in [-0.1, -0.05) is 6.08 Å². The number of aromatic hydroxyl groups is 1. The fourth-order valence-corrected chi connectivity index (χ4v) is 6.11. The molecular weight excluding hydrogens is 554 g/mol. The van der Waals surface area contributed by atoms with Gasteiger partial charge < -0.3 is 15.7 Å². The number of benzene rings is 2. The highest BCUT2D eigenvalue weighted by Gasteiger charge is 2.43. The number of thiocarbonyl (C=S) groups is 1. The van der Waals surface area contributed by atoms with E-state index in [0.29, 0.717) is 34.9 Å². The second-order valence-corrected chi connectivity index (χ2v) is 10.6. The molecule has 3 aromatic rings. The van der Waals surface area contributed by atoms with Crippen molar-refractivity contribution < 1.29 is 31.4 Å². The SMILES string of the molecule is C=CC1CN2CCC1C[C@@H]2[C@@H](NC(=S)Nc1cc(C(F)(F)F)cc(C(F)(F)F)c1)c1ccnc2ccc(O)cc12. The lowest BCUT2D eigenvalue weighted by molar-refractivity contribution is -0.143. The van der Waals surface area contributed by atoms with Crippen LogP contribution >= 0.6 is 12.2 Å². The molecule has 3 N–H and O–H groups in total. The quantitative estimate of drug-likeness (QED) is 0.173. The van der Waals surface area contributed by atoms with Gasteiger partial charge in [0.1, 0.15) is 5.75 Å². The fourth-order valence-electron chi connectivity index (χ4n) is 5.87. The van der Waals surface area contributed by atoms with Crippen LogP contribution < -0.4 is 10.6 Å². The third kappa shape index (κ3) is 5.73. The second-order valence-electron chi connectivity index (χ2n) is 10.2. The number of phenolic OH excluding ortho intramolecular Hbond substituents is 1. The Morgan fingerprint density at radius 2 is 1.77 bits per heavy atom. The number of nitrogens with zero attached hydrogens (tertiary/aromatic N) is 2. The molecule has 0 amide bonds. The summed E-state index contributed by atoms with van der Waals surface area (Å²) in [5.74, 6) is 0.722. The number of nitrogens with one attached hydrogen (secondary N) is 2. The zero-order valence-corrected chi connectivity index (χ0v) is 21.9. The first-order chi connectivity index (χ1) is 18.8. The normalized spacial score (nSPS) is 23.6. The molecule has 1 aromatic heterocycles. The van der Waals surface area contributed by atoms with Gasteiger partial charge in [0.15, 0.2) is 5.11 Å². The number of pyridine rings is 1. The van der Waals surface area contributed by atoms with Crippen molar-refractivity contribution in [1.82, 2.24) is 15.2 Å². The van der Waals surface area contributed by atoms with E-state index in [-0.39, 0.29) is 23.0 Å². The summed E-state index contributed by atoms with van der Waals surface area (Å²) in [6, 6.07) is 7.21. The highest BCUT2D eigenvalue weighted by molar-refractivity contribution is 7.80. The van der Waals surface area contributed by atoms with E-state index in [1.807, 2.05) is 6.08 Å². The number of halogens is 6. The Morgan fingerprint density at radius 1 is 1.07 bits per heavy atom. The lowest BCUT2D eigenvalue weighted by atomic mass is 9.73. The standard InChI is InChI=1S/C28H26F6N4OS/c1-2-15-14-38-8-6-16(15)9-24(38)25(21-5-7-35-23-4-3-20(39)13-22(21)23)37-26(40)36-19-11-17(27(29,30)31)10-18(12-19)28(32,33)34/h2-5,7,10-13,15-16,24-25,39H,1,6,8-9,14H2,(H2,36,37,40)/t15?,16?,24-,25+/m1/s1. The molecule has 5 nitrogen and oxygen atoms in total. The van der Waals surface area contributed by atoms with Crippen molar-refractivity contribution in [2.24, 2.45) is 11.8 Å². The molecule has 3 aliphatic rings. The summed E-state index contributed by atoms with van der Waals surface area (Å²) >= 11 is 5.45. The van der Waals surface area contributed by atoms with Crippen molar-refractivity contribution in [3.8, 4) is 5.75 Å². The van der Waals surface area contributed by atoms with Gasteiger partial charge in [0, 0.05) is 29.9 Å². The van der Waals surface area contributed by atoms with Crippen LogP contribution in [0, 0.1) is 11.8 Å². The third-order valence-electron chi connectivity index (χ3n) is 7.76. The Balaban J connectivity index is 1.50. The Kier molecular flexibility index (Phi) is 7.43. The van der Waals surface area contributed by atoms with Crippen LogP contribution in [0.4, 0.5) is 32.0 Å². The van der Waals surface area contributed by atoms with Gasteiger partial charge in [0.2, 0.25) is 0 Å². The van der Waals surface area contributed by atoms with Gasteiger partial charge >= 0.3 is 12.4 Å². The molecular formula is C28H26F6N4OS. The van der Waals surface area contributed by atoms with Crippen LogP contribution in [0.25, 0.3) is 10.9 Å². The molecule has 0 aliphatic carbocycles. The van der Waals surface area contributed by atoms with Gasteiger partial charge in [0.25, 0.3) is 0 Å². The average Bonchev–Trinajstić information content (AvgIpc) is 2.90. The van der Waals surface area contributed by atoms with Gasteiger partial charge in [0.05, 0.1) is 22.7 Å². The molecule has 0 spiro atoms. The van der Waals surface area contributed by atoms with Crippen molar-refractivity contribution in [1.29, 1.82) is 0 Å². The number of hydrogen-bond acceptors (Lipinski definition) is 4. The summed E-state index contributed by atoms with van der Waals surface area (Å²) in [6.07, 6.45) is -4.63. The first-order valence-electron chi connectivity index (χ1n) is 12.6. The van der Waals surface area contributed by atoms with E-state index in [2.05, 4.69) is 27.1 Å². The highest BCUT2D eigenvalue weighted by Crippen LogP contribution is 2.43. The summed E-state index contributed by atoms with van der Waals surface area (Å²) in [5, 5.41) is 16.4. The van der Waals surface area contributed by atoms with Gasteiger partial charge in [-0.15, -0.1) is 6.58 Å². The molecule has 0 saturated carbocycles. The van der Waals surface area contributed by atoms with Crippen LogP contribution in [0.2, 0.25) is 0 Å². The summed E-state index contributed by atoms with van der Waals surface area (Å²) in [7, 11) is 0. The maximum absolute atomic E-state index is 13.4. The Morgan fingerprint density at radius 3 is 2.38 bits per heavy atom. The van der Waals surface area contributed by atoms with E-state index in [0.717, 1.165) is 31.5 Å². The number of alkyl halides is 6. The molecule has 212 valence electrons. The molecule has 5 atom stereocenters. The van der Waals surface area contributed by atoms with Gasteiger partial charge in [-0.25, -0.2) is 0 Å². The Hall–Kier alpha value is -3.38. The van der Waals surface area contributed by atoms with Crippen molar-refractivity contribution in [2.75, 3.05) is 18.4 Å². The van der Waals surface area contributed by atoms with Crippen molar-refractivity contribution in [2.45, 2.75) is 37.3 Å². The van der Waals surface area contributed by atoms with Crippen LogP contribution in [-0.4, -0.2) is 39.2 Å². The van der Waals surface area contributed by atoms with Gasteiger partial charge in [-0.2, -0.15) is 26.3 Å². The van der Waals surface area contributed by atoms with E-state index in [1.54, 1.807) is 24.4 Å². The monoisotopic (exact) mass is 580 g/mol. The maximum atomic E-state index is 13.4. The van der Waals surface area contributed by atoms with Crippen LogP contribution in [0.1, 0.15) is 35.6 Å². The molecule has 0 radical (unpaired) electrons. The van der Waals surface area contributed by atoms with Crippen molar-refractivity contribution in [3.05, 3.63) is 78.0 Å². The summed E-state index contributed by atoms with van der Waals surface area (Å²) in [4.78, 5) is 6.67. The number of aromatic nitrogens is 1. The molecule has 3 saturated heterocycles. The minimum atomic E-state index is -4.98. The topological polar surface area (TPSA) is 60.4 Å².